The number of rotatable bonds is 6. The zero-order valence-corrected chi connectivity index (χ0v) is 31.3. The number of halogens is 1. The molecule has 5 heteroatoms. The van der Waals surface area contributed by atoms with Crippen molar-refractivity contribution < 1.29 is 8.85 Å². The topological polar surface area (TPSA) is 18.5 Å². The second-order valence-electron chi connectivity index (χ2n) is 17.4. The lowest BCUT2D eigenvalue weighted by molar-refractivity contribution is -0.0824. The summed E-state index contributed by atoms with van der Waals surface area (Å²) in [6.07, 6.45) is 15.5. The van der Waals surface area contributed by atoms with E-state index in [4.69, 9.17) is 8.85 Å². The fourth-order valence-corrected chi connectivity index (χ4v) is 12.6. The summed E-state index contributed by atoms with van der Waals surface area (Å²) in [4.78, 5) is 0. The van der Waals surface area contributed by atoms with Gasteiger partial charge in [0, 0.05) is 10.5 Å². The van der Waals surface area contributed by atoms with Gasteiger partial charge in [-0.1, -0.05) is 89.6 Å². The lowest BCUT2D eigenvalue weighted by atomic mass is 9.43. The van der Waals surface area contributed by atoms with Crippen molar-refractivity contribution in [3.63, 3.8) is 0 Å². The van der Waals surface area contributed by atoms with E-state index in [9.17, 15) is 0 Å². The minimum absolute atomic E-state index is 0.277. The molecule has 4 aliphatic carbocycles. The predicted octanol–water partition coefficient (Wildman–Crippen LogP) is 10.9. The van der Waals surface area contributed by atoms with Crippen molar-refractivity contribution >= 4 is 39.2 Å². The summed E-state index contributed by atoms with van der Waals surface area (Å²) in [7, 11) is -3.53. The van der Waals surface area contributed by atoms with Crippen LogP contribution >= 0.6 is 22.6 Å². The number of alkyl halides is 1. The Morgan fingerprint density at radius 1 is 0.868 bits per heavy atom. The molecule has 38 heavy (non-hydrogen) atoms. The van der Waals surface area contributed by atoms with Crippen LogP contribution in [0.2, 0.25) is 36.3 Å². The summed E-state index contributed by atoms with van der Waals surface area (Å²) in [6.45, 7) is 29.5. The summed E-state index contributed by atoms with van der Waals surface area (Å²) >= 11 is 2.66. The van der Waals surface area contributed by atoms with E-state index in [0.29, 0.717) is 28.5 Å². The number of allylic oxidation sites excluding steroid dienone is 2. The van der Waals surface area contributed by atoms with Gasteiger partial charge in [-0.2, -0.15) is 0 Å². The number of hydrogen-bond acceptors (Lipinski definition) is 2. The predicted molar refractivity (Wildman–Crippen MR) is 178 cm³/mol. The first-order valence-electron chi connectivity index (χ1n) is 15.9. The van der Waals surface area contributed by atoms with Gasteiger partial charge in [-0.3, -0.25) is 0 Å². The molecular formula is C33H61IO2Si2. The molecular weight excluding hydrogens is 611 g/mol. The maximum absolute atomic E-state index is 7.19. The van der Waals surface area contributed by atoms with E-state index in [2.05, 4.69) is 110 Å². The Balaban J connectivity index is 1.61. The molecule has 0 spiro atoms. The van der Waals surface area contributed by atoms with E-state index in [1.54, 1.807) is 0 Å². The fraction of sp³-hybridized carbons (Fsp3) is 0.939. The normalized spacial score (nSPS) is 40.3. The smallest absolute Gasteiger partial charge is 0.192 e. The minimum Gasteiger partial charge on any atom is -0.414 e. The molecule has 0 aliphatic heterocycles. The molecule has 0 bridgehead atoms. The molecule has 7 atom stereocenters. The van der Waals surface area contributed by atoms with Gasteiger partial charge in [-0.25, -0.2) is 0 Å². The Bertz CT molecular complexity index is 915. The molecule has 4 rings (SSSR count). The zero-order chi connectivity index (χ0) is 28.6. The van der Waals surface area contributed by atoms with E-state index in [1.165, 1.54) is 62.2 Å². The molecule has 4 aliphatic rings. The van der Waals surface area contributed by atoms with Crippen LogP contribution in [-0.4, -0.2) is 33.3 Å². The molecule has 0 saturated heterocycles. The SMILES string of the molecule is CC(C)(C)[Si](C)(C)OC1CC[C@]2(C)C3=CC[C@]4(C)C(O[Si](C)(C)C(C)(C)C)CC[C@H]4[C@@H]3CCC2(CCI)C1. The Labute approximate surface area is 252 Å². The van der Waals surface area contributed by atoms with Crippen molar-refractivity contribution in [2.75, 3.05) is 4.43 Å². The van der Waals surface area contributed by atoms with Crippen molar-refractivity contribution in [2.24, 2.45) is 28.1 Å². The highest BCUT2D eigenvalue weighted by atomic mass is 127. The number of fused-ring (bicyclic) bond motifs is 5. The van der Waals surface area contributed by atoms with Crippen LogP contribution in [0.3, 0.4) is 0 Å². The molecule has 0 amide bonds. The first kappa shape index (κ1) is 31.8. The zero-order valence-electron chi connectivity index (χ0n) is 27.2. The van der Waals surface area contributed by atoms with Crippen LogP contribution in [-0.2, 0) is 8.85 Å². The molecule has 220 valence electrons. The van der Waals surface area contributed by atoms with Gasteiger partial charge in [0.2, 0.25) is 0 Å². The van der Waals surface area contributed by atoms with Crippen LogP contribution < -0.4 is 0 Å². The van der Waals surface area contributed by atoms with Gasteiger partial charge < -0.3 is 8.85 Å². The molecule has 0 heterocycles. The highest BCUT2D eigenvalue weighted by molar-refractivity contribution is 14.1. The van der Waals surface area contributed by atoms with E-state index in [1.807, 2.05) is 5.57 Å². The molecule has 0 aromatic heterocycles. The average molecular weight is 673 g/mol. The summed E-state index contributed by atoms with van der Waals surface area (Å²) in [5.41, 5.74) is 2.93. The summed E-state index contributed by atoms with van der Waals surface area (Å²) in [5.74, 6) is 1.57. The van der Waals surface area contributed by atoms with Crippen LogP contribution in [0.25, 0.3) is 0 Å². The van der Waals surface area contributed by atoms with Crippen molar-refractivity contribution in [1.29, 1.82) is 0 Å². The second-order valence-corrected chi connectivity index (χ2v) is 28.0. The lowest BCUT2D eigenvalue weighted by Gasteiger charge is -2.63. The standard InChI is InChI=1S/C33H61IO2Si2/c1-29(2,3)37(9,10)35-24-15-19-32(8)27-17-18-31(7)26(25(27)16-20-33(32,23-24)21-22-34)13-14-28(31)36-38(11,12)30(4,5)6/h17,24-26,28H,13-16,18-23H2,1-12H3/t24?,25-,26-,28?,31-,32+,33?/m0/s1. The van der Waals surface area contributed by atoms with E-state index >= 15 is 0 Å². The minimum atomic E-state index is -1.78. The third-order valence-electron chi connectivity index (χ3n) is 13.4. The molecule has 0 aromatic carbocycles. The molecule has 0 N–H and O–H groups in total. The monoisotopic (exact) mass is 672 g/mol. The lowest BCUT2D eigenvalue weighted by Crippen LogP contribution is -2.57. The maximum atomic E-state index is 7.19. The molecule has 3 unspecified atom stereocenters. The molecule has 3 saturated carbocycles. The first-order chi connectivity index (χ1) is 17.2. The quantitative estimate of drug-likeness (QED) is 0.121. The van der Waals surface area contributed by atoms with Crippen molar-refractivity contribution in [3.8, 4) is 0 Å². The van der Waals surface area contributed by atoms with Crippen LogP contribution in [0, 0.1) is 28.1 Å². The van der Waals surface area contributed by atoms with Gasteiger partial charge in [0.1, 0.15) is 0 Å². The van der Waals surface area contributed by atoms with Gasteiger partial charge in [-0.05, 0) is 122 Å². The summed E-state index contributed by atoms with van der Waals surface area (Å²) in [6, 6.07) is 0. The van der Waals surface area contributed by atoms with Crippen molar-refractivity contribution in [3.05, 3.63) is 11.6 Å². The van der Waals surface area contributed by atoms with Gasteiger partial charge in [-0.15, -0.1) is 0 Å². The summed E-state index contributed by atoms with van der Waals surface area (Å²) in [5, 5.41) is 0.559. The van der Waals surface area contributed by atoms with Gasteiger partial charge >= 0.3 is 0 Å². The Morgan fingerprint density at radius 3 is 2.05 bits per heavy atom. The van der Waals surface area contributed by atoms with Crippen LogP contribution in [0.5, 0.6) is 0 Å². The Morgan fingerprint density at radius 2 is 1.47 bits per heavy atom. The highest BCUT2D eigenvalue weighted by Gasteiger charge is 2.63. The van der Waals surface area contributed by atoms with Gasteiger partial charge in [0.15, 0.2) is 16.6 Å². The fourth-order valence-electron chi connectivity index (χ4n) is 8.70. The first-order valence-corrected chi connectivity index (χ1v) is 23.2. The van der Waals surface area contributed by atoms with E-state index in [0.717, 1.165) is 11.8 Å². The summed E-state index contributed by atoms with van der Waals surface area (Å²) < 4.78 is 15.6. The van der Waals surface area contributed by atoms with Crippen LogP contribution in [0.1, 0.15) is 113 Å². The maximum Gasteiger partial charge on any atom is 0.192 e. The third-order valence-corrected chi connectivity index (χ3v) is 22.9. The Kier molecular flexibility index (Phi) is 8.54. The molecule has 3 fully saturated rings. The van der Waals surface area contributed by atoms with Crippen molar-refractivity contribution in [1.82, 2.24) is 0 Å². The van der Waals surface area contributed by atoms with Gasteiger partial charge in [0.05, 0.1) is 6.10 Å². The van der Waals surface area contributed by atoms with Crippen LogP contribution in [0.4, 0.5) is 0 Å². The largest absolute Gasteiger partial charge is 0.414 e. The molecule has 2 nitrogen and oxygen atoms in total. The second kappa shape index (κ2) is 10.2. The molecule has 0 radical (unpaired) electrons. The Hall–Kier alpha value is 0.824. The third kappa shape index (κ3) is 5.15. The molecule has 0 aromatic rings. The van der Waals surface area contributed by atoms with Crippen molar-refractivity contribution in [2.45, 2.75) is 162 Å². The highest BCUT2D eigenvalue weighted by Crippen LogP contribution is 2.70. The van der Waals surface area contributed by atoms with E-state index < -0.39 is 16.6 Å². The number of hydrogen-bond donors (Lipinski definition) is 0. The van der Waals surface area contributed by atoms with Gasteiger partial charge in [0.25, 0.3) is 0 Å². The average Bonchev–Trinajstić information content (AvgIpc) is 3.08. The van der Waals surface area contributed by atoms with E-state index in [-0.39, 0.29) is 10.1 Å². The van der Waals surface area contributed by atoms with Crippen LogP contribution in [0.15, 0.2) is 11.6 Å².